The van der Waals surface area contributed by atoms with E-state index in [4.69, 9.17) is 14.2 Å². The summed E-state index contributed by atoms with van der Waals surface area (Å²) in [7, 11) is 1.57. The largest absolute Gasteiger partial charge is 0.493 e. The van der Waals surface area contributed by atoms with E-state index in [-0.39, 0.29) is 19.1 Å². The van der Waals surface area contributed by atoms with E-state index in [1.807, 2.05) is 67.0 Å². The number of ether oxygens (including phenoxy) is 3. The van der Waals surface area contributed by atoms with Crippen molar-refractivity contribution in [2.24, 2.45) is 0 Å². The molecule has 0 fully saturated rings. The first kappa shape index (κ1) is 21.2. The van der Waals surface area contributed by atoms with E-state index in [0.29, 0.717) is 17.2 Å². The molecule has 0 unspecified atom stereocenters. The average molecular weight is 431 g/mol. The number of aromatic nitrogens is 2. The molecule has 0 saturated heterocycles. The predicted molar refractivity (Wildman–Crippen MR) is 123 cm³/mol. The molecular formula is C25H25N3O4. The van der Waals surface area contributed by atoms with Gasteiger partial charge in [-0.1, -0.05) is 24.3 Å². The zero-order valence-electron chi connectivity index (χ0n) is 18.3. The summed E-state index contributed by atoms with van der Waals surface area (Å²) in [6, 6.07) is 16.9. The van der Waals surface area contributed by atoms with Crippen molar-refractivity contribution in [2.45, 2.75) is 20.5 Å². The highest BCUT2D eigenvalue weighted by molar-refractivity contribution is 5.92. The molecule has 32 heavy (non-hydrogen) atoms. The molecule has 0 aliphatic heterocycles. The lowest BCUT2D eigenvalue weighted by Gasteiger charge is -2.14. The average Bonchev–Trinajstić information content (AvgIpc) is 3.20. The standard InChI is InChI=1S/C25H25N3O4/c1-17-7-6-8-18(2)25(17)32-16-24(29)27-19-10-11-21(30-3)22(13-19)31-15-20-14-28-12-5-4-9-23(28)26-20/h4-14H,15-16H2,1-3H3,(H,27,29). The maximum Gasteiger partial charge on any atom is 0.262 e. The van der Waals surface area contributed by atoms with Gasteiger partial charge in [-0.25, -0.2) is 4.98 Å². The number of carbonyl (C=O) groups is 1. The quantitative estimate of drug-likeness (QED) is 0.443. The lowest BCUT2D eigenvalue weighted by atomic mass is 10.1. The first-order valence-corrected chi connectivity index (χ1v) is 10.3. The Morgan fingerprint density at radius 3 is 2.56 bits per heavy atom. The van der Waals surface area contributed by atoms with Crippen molar-refractivity contribution in [2.75, 3.05) is 19.0 Å². The molecule has 7 heteroatoms. The molecule has 0 spiro atoms. The van der Waals surface area contributed by atoms with Crippen molar-refractivity contribution in [3.05, 3.63) is 83.8 Å². The Morgan fingerprint density at radius 1 is 1.00 bits per heavy atom. The maximum atomic E-state index is 12.4. The number of aryl methyl sites for hydroxylation is 2. The van der Waals surface area contributed by atoms with E-state index in [0.717, 1.165) is 28.2 Å². The number of carbonyl (C=O) groups excluding carboxylic acids is 1. The third kappa shape index (κ3) is 4.83. The van der Waals surface area contributed by atoms with Crippen LogP contribution in [-0.2, 0) is 11.4 Å². The van der Waals surface area contributed by atoms with Gasteiger partial charge < -0.3 is 23.9 Å². The van der Waals surface area contributed by atoms with Crippen LogP contribution in [0.3, 0.4) is 0 Å². The molecule has 0 aliphatic carbocycles. The van der Waals surface area contributed by atoms with Crippen LogP contribution in [-0.4, -0.2) is 29.0 Å². The Hall–Kier alpha value is -4.00. The number of anilines is 1. The molecule has 2 heterocycles. The molecule has 7 nitrogen and oxygen atoms in total. The van der Waals surface area contributed by atoms with Crippen molar-refractivity contribution in [1.29, 1.82) is 0 Å². The van der Waals surface area contributed by atoms with Gasteiger partial charge >= 0.3 is 0 Å². The number of methoxy groups -OCH3 is 1. The van der Waals surface area contributed by atoms with Gasteiger partial charge in [0.05, 0.1) is 12.8 Å². The van der Waals surface area contributed by atoms with E-state index >= 15 is 0 Å². The molecule has 2 aromatic heterocycles. The van der Waals surface area contributed by atoms with E-state index < -0.39 is 0 Å². The van der Waals surface area contributed by atoms with Crippen molar-refractivity contribution in [1.82, 2.24) is 9.38 Å². The normalized spacial score (nSPS) is 10.7. The third-order valence-corrected chi connectivity index (χ3v) is 4.99. The number of amides is 1. The van der Waals surface area contributed by atoms with Crippen LogP contribution < -0.4 is 19.5 Å². The summed E-state index contributed by atoms with van der Waals surface area (Å²) < 4.78 is 19.0. The number of pyridine rings is 1. The van der Waals surface area contributed by atoms with Crippen LogP contribution in [0.4, 0.5) is 5.69 Å². The SMILES string of the molecule is COc1ccc(NC(=O)COc2c(C)cccc2C)cc1OCc1cn2ccccc2n1. The van der Waals surface area contributed by atoms with Crippen LogP contribution in [0.2, 0.25) is 0 Å². The summed E-state index contributed by atoms with van der Waals surface area (Å²) >= 11 is 0. The second-order valence-corrected chi connectivity index (χ2v) is 7.41. The summed E-state index contributed by atoms with van der Waals surface area (Å²) in [5, 5.41) is 2.84. The Morgan fingerprint density at radius 2 is 1.81 bits per heavy atom. The Labute approximate surface area is 186 Å². The minimum Gasteiger partial charge on any atom is -0.493 e. The summed E-state index contributed by atoms with van der Waals surface area (Å²) in [6.45, 7) is 4.09. The highest BCUT2D eigenvalue weighted by Crippen LogP contribution is 2.31. The molecule has 0 aliphatic rings. The summed E-state index contributed by atoms with van der Waals surface area (Å²) in [5.41, 5.74) is 4.21. The Bertz CT molecular complexity index is 1200. The van der Waals surface area contributed by atoms with Gasteiger partial charge in [-0.2, -0.15) is 0 Å². The molecule has 1 N–H and O–H groups in total. The van der Waals surface area contributed by atoms with Gasteiger partial charge in [-0.3, -0.25) is 4.79 Å². The molecule has 164 valence electrons. The number of hydrogen-bond donors (Lipinski definition) is 1. The molecule has 1 amide bonds. The van der Waals surface area contributed by atoms with Gasteiger partial charge in [-0.05, 0) is 49.2 Å². The number of imidazole rings is 1. The van der Waals surface area contributed by atoms with E-state index in [2.05, 4.69) is 10.3 Å². The Balaban J connectivity index is 1.41. The minimum absolute atomic E-state index is 0.0881. The zero-order valence-corrected chi connectivity index (χ0v) is 18.3. The monoisotopic (exact) mass is 431 g/mol. The topological polar surface area (TPSA) is 74.1 Å². The molecular weight excluding hydrogens is 406 g/mol. The smallest absolute Gasteiger partial charge is 0.262 e. The molecule has 4 aromatic rings. The highest BCUT2D eigenvalue weighted by atomic mass is 16.5. The predicted octanol–water partition coefficient (Wildman–Crippen LogP) is 4.56. The molecule has 4 rings (SSSR count). The Kier molecular flexibility index (Phi) is 6.26. The van der Waals surface area contributed by atoms with Crippen molar-refractivity contribution in [3.63, 3.8) is 0 Å². The highest BCUT2D eigenvalue weighted by Gasteiger charge is 2.11. The van der Waals surface area contributed by atoms with Crippen LogP contribution in [0.15, 0.2) is 67.0 Å². The van der Waals surface area contributed by atoms with Gasteiger partial charge in [0.15, 0.2) is 18.1 Å². The van der Waals surface area contributed by atoms with Crippen LogP contribution >= 0.6 is 0 Å². The fraction of sp³-hybridized carbons (Fsp3) is 0.200. The zero-order chi connectivity index (χ0) is 22.5. The van der Waals surface area contributed by atoms with E-state index in [9.17, 15) is 4.79 Å². The van der Waals surface area contributed by atoms with E-state index in [1.165, 1.54) is 0 Å². The van der Waals surface area contributed by atoms with E-state index in [1.54, 1.807) is 25.3 Å². The summed E-state index contributed by atoms with van der Waals surface area (Å²) in [5.74, 6) is 1.55. The molecule has 0 atom stereocenters. The number of benzene rings is 2. The van der Waals surface area contributed by atoms with Crippen LogP contribution in [0.25, 0.3) is 5.65 Å². The third-order valence-electron chi connectivity index (χ3n) is 4.99. The van der Waals surface area contributed by atoms with Crippen LogP contribution in [0, 0.1) is 13.8 Å². The fourth-order valence-electron chi connectivity index (χ4n) is 3.44. The lowest BCUT2D eigenvalue weighted by molar-refractivity contribution is -0.118. The van der Waals surface area contributed by atoms with Gasteiger partial charge in [0.25, 0.3) is 5.91 Å². The molecule has 0 radical (unpaired) electrons. The lowest BCUT2D eigenvalue weighted by Crippen LogP contribution is -2.20. The number of rotatable bonds is 8. The van der Waals surface area contributed by atoms with Crippen molar-refractivity contribution in [3.8, 4) is 17.2 Å². The van der Waals surface area contributed by atoms with Crippen LogP contribution in [0.5, 0.6) is 17.2 Å². The second kappa shape index (κ2) is 9.43. The van der Waals surface area contributed by atoms with Crippen molar-refractivity contribution >= 4 is 17.2 Å². The fourth-order valence-corrected chi connectivity index (χ4v) is 3.44. The number of nitrogens with one attached hydrogen (secondary N) is 1. The van der Waals surface area contributed by atoms with Crippen molar-refractivity contribution < 1.29 is 19.0 Å². The number of nitrogens with zero attached hydrogens (tertiary/aromatic N) is 2. The molecule has 2 aromatic carbocycles. The number of fused-ring (bicyclic) bond motifs is 1. The minimum atomic E-state index is -0.260. The number of para-hydroxylation sites is 1. The van der Waals surface area contributed by atoms with Crippen LogP contribution in [0.1, 0.15) is 16.8 Å². The molecule has 0 saturated carbocycles. The van der Waals surface area contributed by atoms with Gasteiger partial charge in [0.1, 0.15) is 18.0 Å². The molecule has 0 bridgehead atoms. The van der Waals surface area contributed by atoms with Gasteiger partial charge in [0, 0.05) is 24.1 Å². The second-order valence-electron chi connectivity index (χ2n) is 7.41. The van der Waals surface area contributed by atoms with Gasteiger partial charge in [0.2, 0.25) is 0 Å². The first-order valence-electron chi connectivity index (χ1n) is 10.3. The van der Waals surface area contributed by atoms with Gasteiger partial charge in [-0.15, -0.1) is 0 Å². The number of hydrogen-bond acceptors (Lipinski definition) is 5. The first-order chi connectivity index (χ1) is 15.5. The maximum absolute atomic E-state index is 12.4. The summed E-state index contributed by atoms with van der Waals surface area (Å²) in [4.78, 5) is 17.0. The summed E-state index contributed by atoms with van der Waals surface area (Å²) in [6.07, 6.45) is 3.85.